The fourth-order valence-electron chi connectivity index (χ4n) is 3.33. The van der Waals surface area contributed by atoms with Crippen LogP contribution in [0.25, 0.3) is 0 Å². The fraction of sp³-hybridized carbons (Fsp3) is 0.688. The lowest BCUT2D eigenvalue weighted by atomic mass is 9.85. The summed E-state index contributed by atoms with van der Waals surface area (Å²) in [6, 6.07) is 2.67. The summed E-state index contributed by atoms with van der Waals surface area (Å²) in [5, 5.41) is 0. The maximum atomic E-state index is 5.96. The first-order valence-electron chi connectivity index (χ1n) is 7.37. The third kappa shape index (κ3) is 2.76. The van der Waals surface area contributed by atoms with Gasteiger partial charge in [0.15, 0.2) is 0 Å². The summed E-state index contributed by atoms with van der Waals surface area (Å²) in [6.07, 6.45) is 1.31. The van der Waals surface area contributed by atoms with Crippen molar-refractivity contribution in [3.8, 4) is 0 Å². The van der Waals surface area contributed by atoms with Crippen molar-refractivity contribution in [2.24, 2.45) is 17.6 Å². The van der Waals surface area contributed by atoms with Crippen molar-refractivity contribution in [3.05, 3.63) is 22.9 Å². The largest absolute Gasteiger partial charge is 0.353 e. The van der Waals surface area contributed by atoms with Gasteiger partial charge in [0.05, 0.1) is 0 Å². The molecule has 2 N–H and O–H groups in total. The van der Waals surface area contributed by atoms with Crippen LogP contribution in [-0.4, -0.2) is 17.6 Å². The molecular weight excluding hydrogens is 234 g/mol. The normalized spacial score (nSPS) is 27.7. The van der Waals surface area contributed by atoms with Crippen molar-refractivity contribution in [3.63, 3.8) is 0 Å². The second kappa shape index (κ2) is 5.49. The van der Waals surface area contributed by atoms with Crippen LogP contribution in [0, 0.1) is 25.7 Å². The SMILES string of the molecule is Cc1cc(C)c(CN)c(N2CC(C)CC(C)C2C)n1. The average molecular weight is 261 g/mol. The van der Waals surface area contributed by atoms with Crippen molar-refractivity contribution in [1.29, 1.82) is 0 Å². The Balaban J connectivity index is 2.44. The maximum absolute atomic E-state index is 5.96. The molecule has 1 fully saturated rings. The van der Waals surface area contributed by atoms with Gasteiger partial charge in [0, 0.05) is 30.4 Å². The Labute approximate surface area is 117 Å². The van der Waals surface area contributed by atoms with E-state index in [2.05, 4.69) is 45.6 Å². The first-order valence-corrected chi connectivity index (χ1v) is 7.37. The Hall–Kier alpha value is -1.09. The van der Waals surface area contributed by atoms with Crippen LogP contribution in [0.3, 0.4) is 0 Å². The Morgan fingerprint density at radius 2 is 2.00 bits per heavy atom. The molecule has 3 atom stereocenters. The number of nitrogens with two attached hydrogens (primary N) is 1. The van der Waals surface area contributed by atoms with E-state index in [0.717, 1.165) is 24.0 Å². The van der Waals surface area contributed by atoms with Crippen LogP contribution in [0.15, 0.2) is 6.07 Å². The highest BCUT2D eigenvalue weighted by Gasteiger charge is 2.31. The molecule has 1 aliphatic rings. The Morgan fingerprint density at radius 3 is 2.63 bits per heavy atom. The number of pyridine rings is 1. The first-order chi connectivity index (χ1) is 8.93. The standard InChI is InChI=1S/C16H27N3/c1-10-6-11(2)14(5)19(9-10)16-15(8-17)12(3)7-13(4)18-16/h7,10-11,14H,6,8-9,17H2,1-5H3. The van der Waals surface area contributed by atoms with Gasteiger partial charge in [-0.15, -0.1) is 0 Å². The van der Waals surface area contributed by atoms with Crippen LogP contribution in [-0.2, 0) is 6.54 Å². The molecule has 0 spiro atoms. The molecule has 0 aromatic carbocycles. The van der Waals surface area contributed by atoms with Gasteiger partial charge in [-0.1, -0.05) is 13.8 Å². The highest BCUT2D eigenvalue weighted by molar-refractivity contribution is 5.52. The molecule has 3 heteroatoms. The Kier molecular flexibility index (Phi) is 4.14. The van der Waals surface area contributed by atoms with Crippen molar-refractivity contribution in [2.75, 3.05) is 11.4 Å². The highest BCUT2D eigenvalue weighted by Crippen LogP contribution is 2.33. The molecule has 1 aliphatic heterocycles. The molecule has 2 heterocycles. The van der Waals surface area contributed by atoms with E-state index in [0.29, 0.717) is 18.5 Å². The molecule has 0 radical (unpaired) electrons. The van der Waals surface area contributed by atoms with Gasteiger partial charge in [-0.2, -0.15) is 0 Å². The van der Waals surface area contributed by atoms with E-state index in [4.69, 9.17) is 10.7 Å². The number of hydrogen-bond acceptors (Lipinski definition) is 3. The van der Waals surface area contributed by atoms with E-state index in [1.165, 1.54) is 17.5 Å². The topological polar surface area (TPSA) is 42.1 Å². The maximum Gasteiger partial charge on any atom is 0.133 e. The lowest BCUT2D eigenvalue weighted by molar-refractivity contribution is 0.295. The number of hydrogen-bond donors (Lipinski definition) is 1. The van der Waals surface area contributed by atoms with Crippen molar-refractivity contribution in [1.82, 2.24) is 4.98 Å². The van der Waals surface area contributed by atoms with Crippen molar-refractivity contribution in [2.45, 2.75) is 53.6 Å². The highest BCUT2D eigenvalue weighted by atomic mass is 15.2. The molecule has 2 rings (SSSR count). The lowest BCUT2D eigenvalue weighted by Crippen LogP contribution is -2.46. The van der Waals surface area contributed by atoms with Gasteiger partial charge in [0.1, 0.15) is 5.82 Å². The molecule has 3 unspecified atom stereocenters. The number of anilines is 1. The third-order valence-electron chi connectivity index (χ3n) is 4.53. The van der Waals surface area contributed by atoms with Crippen molar-refractivity contribution >= 4 is 5.82 Å². The first kappa shape index (κ1) is 14.3. The Morgan fingerprint density at radius 1 is 1.32 bits per heavy atom. The minimum atomic E-state index is 0.537. The summed E-state index contributed by atoms with van der Waals surface area (Å²) in [4.78, 5) is 7.27. The van der Waals surface area contributed by atoms with Gasteiger partial charge < -0.3 is 10.6 Å². The van der Waals surface area contributed by atoms with Crippen LogP contribution < -0.4 is 10.6 Å². The van der Waals surface area contributed by atoms with Crippen molar-refractivity contribution < 1.29 is 0 Å². The molecule has 0 saturated carbocycles. The number of aryl methyl sites for hydroxylation is 2. The number of aromatic nitrogens is 1. The summed E-state index contributed by atoms with van der Waals surface area (Å²) in [5.41, 5.74) is 9.52. The summed E-state index contributed by atoms with van der Waals surface area (Å²) in [5.74, 6) is 2.54. The minimum Gasteiger partial charge on any atom is -0.353 e. The molecule has 1 aromatic rings. The van der Waals surface area contributed by atoms with Gasteiger partial charge >= 0.3 is 0 Å². The summed E-state index contributed by atoms with van der Waals surface area (Å²) >= 11 is 0. The van der Waals surface area contributed by atoms with Gasteiger partial charge in [-0.05, 0) is 50.7 Å². The molecule has 1 aromatic heterocycles. The average Bonchev–Trinajstić information content (AvgIpc) is 2.33. The summed E-state index contributed by atoms with van der Waals surface area (Å²) < 4.78 is 0. The van der Waals surface area contributed by atoms with E-state index >= 15 is 0 Å². The van der Waals surface area contributed by atoms with Crippen LogP contribution in [0.2, 0.25) is 0 Å². The van der Waals surface area contributed by atoms with E-state index < -0.39 is 0 Å². The molecule has 1 saturated heterocycles. The number of rotatable bonds is 2. The van der Waals surface area contributed by atoms with E-state index in [1.807, 2.05) is 0 Å². The molecule has 19 heavy (non-hydrogen) atoms. The van der Waals surface area contributed by atoms with E-state index in [-0.39, 0.29) is 0 Å². The smallest absolute Gasteiger partial charge is 0.133 e. The monoisotopic (exact) mass is 261 g/mol. The third-order valence-corrected chi connectivity index (χ3v) is 4.53. The summed E-state index contributed by atoms with van der Waals surface area (Å²) in [7, 11) is 0. The zero-order valence-electron chi connectivity index (χ0n) is 12.9. The van der Waals surface area contributed by atoms with Crippen LogP contribution in [0.5, 0.6) is 0 Å². The predicted octanol–water partition coefficient (Wildman–Crippen LogP) is 3.03. The lowest BCUT2D eigenvalue weighted by Gasteiger charge is -2.42. The molecule has 3 nitrogen and oxygen atoms in total. The van der Waals surface area contributed by atoms with Crippen LogP contribution >= 0.6 is 0 Å². The summed E-state index contributed by atoms with van der Waals surface area (Å²) in [6.45, 7) is 12.9. The van der Waals surface area contributed by atoms with Gasteiger partial charge in [-0.25, -0.2) is 4.98 Å². The zero-order valence-corrected chi connectivity index (χ0v) is 12.9. The second-order valence-electron chi connectivity index (χ2n) is 6.30. The van der Waals surface area contributed by atoms with E-state index in [1.54, 1.807) is 0 Å². The van der Waals surface area contributed by atoms with Gasteiger partial charge in [0.2, 0.25) is 0 Å². The molecule has 0 bridgehead atoms. The molecular formula is C16H27N3. The predicted molar refractivity (Wildman–Crippen MR) is 81.4 cm³/mol. The number of piperidine rings is 1. The quantitative estimate of drug-likeness (QED) is 0.890. The minimum absolute atomic E-state index is 0.537. The molecule has 0 aliphatic carbocycles. The van der Waals surface area contributed by atoms with Gasteiger partial charge in [0.25, 0.3) is 0 Å². The van der Waals surface area contributed by atoms with Gasteiger partial charge in [-0.3, -0.25) is 0 Å². The van der Waals surface area contributed by atoms with Crippen LogP contribution in [0.1, 0.15) is 44.0 Å². The van der Waals surface area contributed by atoms with Crippen LogP contribution in [0.4, 0.5) is 5.82 Å². The molecule has 0 amide bonds. The second-order valence-corrected chi connectivity index (χ2v) is 6.30. The fourth-order valence-corrected chi connectivity index (χ4v) is 3.33. The van der Waals surface area contributed by atoms with E-state index in [9.17, 15) is 0 Å². The Bertz CT molecular complexity index is 456. The number of nitrogens with zero attached hydrogens (tertiary/aromatic N) is 2. The molecule has 106 valence electrons. The zero-order chi connectivity index (χ0) is 14.2.